The molecule has 0 aromatic heterocycles. The van der Waals surface area contributed by atoms with Crippen LogP contribution < -0.4 is 5.32 Å². The minimum absolute atomic E-state index is 0.0278. The summed E-state index contributed by atoms with van der Waals surface area (Å²) in [6.45, 7) is 9.29. The van der Waals surface area contributed by atoms with Gasteiger partial charge in [0.25, 0.3) is 0 Å². The second-order valence-corrected chi connectivity index (χ2v) is 12.8. The molecule has 3 aliphatic rings. The van der Waals surface area contributed by atoms with Crippen molar-refractivity contribution in [1.29, 1.82) is 0 Å². The van der Waals surface area contributed by atoms with Crippen molar-refractivity contribution in [2.75, 3.05) is 13.7 Å². The van der Waals surface area contributed by atoms with Crippen molar-refractivity contribution in [2.24, 2.45) is 29.1 Å². The van der Waals surface area contributed by atoms with Gasteiger partial charge in [-0.25, -0.2) is 0 Å². The monoisotopic (exact) mass is 560 g/mol. The van der Waals surface area contributed by atoms with Gasteiger partial charge in [0, 0.05) is 24.6 Å². The lowest BCUT2D eigenvalue weighted by Crippen LogP contribution is -2.61. The van der Waals surface area contributed by atoms with Crippen LogP contribution in [0.4, 0.5) is 0 Å². The second-order valence-electron chi connectivity index (χ2n) is 12.8. The van der Waals surface area contributed by atoms with Gasteiger partial charge in [0.15, 0.2) is 0 Å². The van der Waals surface area contributed by atoms with Gasteiger partial charge in [-0.05, 0) is 65.8 Å². The molecule has 2 aromatic carbocycles. The zero-order valence-corrected chi connectivity index (χ0v) is 25.0. The molecule has 1 aliphatic carbocycles. The molecule has 1 saturated heterocycles. The van der Waals surface area contributed by atoms with Gasteiger partial charge >= 0.3 is 5.97 Å². The number of methoxy groups -OCH3 is 1. The highest BCUT2D eigenvalue weighted by Crippen LogP contribution is 2.56. The van der Waals surface area contributed by atoms with Gasteiger partial charge in [-0.1, -0.05) is 70.2 Å². The van der Waals surface area contributed by atoms with E-state index in [0.717, 1.165) is 35.6 Å². The van der Waals surface area contributed by atoms with Crippen LogP contribution in [0.3, 0.4) is 0 Å². The summed E-state index contributed by atoms with van der Waals surface area (Å²) in [5, 5.41) is 5.15. The number of nitrogens with one attached hydrogen (secondary N) is 1. The second kappa shape index (κ2) is 12.0. The molecule has 2 aromatic rings. The first-order valence-electron chi connectivity index (χ1n) is 15.2. The number of hydrogen-bond donors (Lipinski definition) is 1. The van der Waals surface area contributed by atoms with Crippen LogP contribution >= 0.6 is 0 Å². The van der Waals surface area contributed by atoms with Crippen LogP contribution in [0.15, 0.2) is 54.2 Å². The minimum Gasteiger partial charge on any atom is -0.468 e. The minimum atomic E-state index is -1.15. The van der Waals surface area contributed by atoms with E-state index in [9.17, 15) is 14.4 Å². The third-order valence-electron chi connectivity index (χ3n) is 8.98. The maximum atomic E-state index is 14.4. The lowest BCUT2D eigenvalue weighted by atomic mass is 9.64. The summed E-state index contributed by atoms with van der Waals surface area (Å²) in [6, 6.07) is 14.2. The molecule has 1 N–H and O–H groups in total. The summed E-state index contributed by atoms with van der Waals surface area (Å²) in [4.78, 5) is 43.2. The van der Waals surface area contributed by atoms with Gasteiger partial charge < -0.3 is 19.7 Å². The highest BCUT2D eigenvalue weighted by molar-refractivity contribution is 5.93. The lowest BCUT2D eigenvalue weighted by Gasteiger charge is -2.53. The molecule has 0 spiro atoms. The average molecular weight is 561 g/mol. The summed E-state index contributed by atoms with van der Waals surface area (Å²) in [7, 11) is 1.41. The van der Waals surface area contributed by atoms with Gasteiger partial charge in [0.05, 0.1) is 25.9 Å². The summed E-state index contributed by atoms with van der Waals surface area (Å²) in [5.74, 6) is -0.497. The smallest absolute Gasteiger partial charge is 0.320 e. The summed E-state index contributed by atoms with van der Waals surface area (Å²) in [5.41, 5.74) is 0.525. The van der Waals surface area contributed by atoms with E-state index in [-0.39, 0.29) is 48.6 Å². The van der Waals surface area contributed by atoms with Gasteiger partial charge in [-0.15, -0.1) is 0 Å². The molecule has 2 amide bonds. The van der Waals surface area contributed by atoms with Crippen molar-refractivity contribution in [2.45, 2.75) is 78.6 Å². The van der Waals surface area contributed by atoms with E-state index in [4.69, 9.17) is 9.47 Å². The zero-order valence-electron chi connectivity index (χ0n) is 25.0. The first kappa shape index (κ1) is 29.3. The fourth-order valence-corrected chi connectivity index (χ4v) is 6.61. The Morgan fingerprint density at radius 2 is 1.83 bits per heavy atom. The van der Waals surface area contributed by atoms with Crippen LogP contribution in [-0.4, -0.2) is 48.5 Å². The number of hydrogen-bond acceptors (Lipinski definition) is 5. The number of carbonyl (C=O) groups is 3. The summed E-state index contributed by atoms with van der Waals surface area (Å²) in [6.07, 6.45) is 4.40. The van der Waals surface area contributed by atoms with Crippen LogP contribution in [0.25, 0.3) is 10.8 Å². The van der Waals surface area contributed by atoms with Crippen molar-refractivity contribution in [3.63, 3.8) is 0 Å². The molecule has 0 unspecified atom stereocenters. The molecule has 5 rings (SSSR count). The molecule has 2 heterocycles. The Balaban J connectivity index is 1.59. The van der Waals surface area contributed by atoms with Crippen LogP contribution in [-0.2, 0) is 30.4 Å². The summed E-state index contributed by atoms with van der Waals surface area (Å²) < 4.78 is 12.2. The molecule has 0 bridgehead atoms. The number of piperidine rings is 1. The van der Waals surface area contributed by atoms with E-state index >= 15 is 0 Å². The van der Waals surface area contributed by atoms with Gasteiger partial charge in [0.1, 0.15) is 5.41 Å². The van der Waals surface area contributed by atoms with Crippen LogP contribution in [0.2, 0.25) is 0 Å². The third-order valence-corrected chi connectivity index (χ3v) is 8.98. The van der Waals surface area contributed by atoms with Crippen molar-refractivity contribution >= 4 is 28.6 Å². The normalized spacial score (nSPS) is 26.2. The molecule has 41 heavy (non-hydrogen) atoms. The predicted molar refractivity (Wildman–Crippen MR) is 158 cm³/mol. The van der Waals surface area contributed by atoms with E-state index in [1.54, 1.807) is 4.90 Å². The Labute approximate surface area is 243 Å². The maximum absolute atomic E-state index is 14.4. The molecule has 7 nitrogen and oxygen atoms in total. The largest absolute Gasteiger partial charge is 0.468 e. The summed E-state index contributed by atoms with van der Waals surface area (Å²) >= 11 is 0. The van der Waals surface area contributed by atoms with E-state index < -0.39 is 17.4 Å². The molecule has 0 radical (unpaired) electrons. The Kier molecular flexibility index (Phi) is 8.55. The Morgan fingerprint density at radius 3 is 2.51 bits per heavy atom. The van der Waals surface area contributed by atoms with Gasteiger partial charge in [-0.2, -0.15) is 0 Å². The van der Waals surface area contributed by atoms with Crippen molar-refractivity contribution < 1.29 is 23.9 Å². The first-order valence-corrected chi connectivity index (χ1v) is 15.2. The third kappa shape index (κ3) is 5.78. The molecule has 4 atom stereocenters. The molecule has 2 aliphatic heterocycles. The molecule has 7 heteroatoms. The van der Waals surface area contributed by atoms with Gasteiger partial charge in [-0.3, -0.25) is 14.4 Å². The number of esters is 1. The maximum Gasteiger partial charge on any atom is 0.320 e. The molecule has 220 valence electrons. The topological polar surface area (TPSA) is 84.9 Å². The van der Waals surface area contributed by atoms with E-state index in [1.807, 2.05) is 30.3 Å². The Hall–Kier alpha value is -3.19. The predicted octanol–water partition coefficient (Wildman–Crippen LogP) is 5.62. The lowest BCUT2D eigenvalue weighted by molar-refractivity contribution is -0.182. The van der Waals surface area contributed by atoms with E-state index in [1.165, 1.54) is 7.11 Å². The molecular formula is C34H44N2O5. The number of carbonyl (C=O) groups excluding carboxylic acids is 3. The van der Waals surface area contributed by atoms with Crippen molar-refractivity contribution in [3.05, 3.63) is 59.8 Å². The number of likely N-dealkylation sites (tertiary alicyclic amines) is 1. The Bertz CT molecular complexity index is 1320. The molecule has 2 fully saturated rings. The quantitative estimate of drug-likeness (QED) is 0.382. The van der Waals surface area contributed by atoms with Gasteiger partial charge in [0.2, 0.25) is 11.8 Å². The zero-order chi connectivity index (χ0) is 29.3. The van der Waals surface area contributed by atoms with Crippen LogP contribution in [0.5, 0.6) is 0 Å². The number of nitrogens with zero attached hydrogens (tertiary/aromatic N) is 1. The SMILES string of the molecule is COC(=O)[C@]12C[C@H](CC(=O)NCCC(C)C)C(=O)N(Cc3cccc4ccccc34)C1=C[C@H](C(C)C)O[C@@H]2C1CC1. The Morgan fingerprint density at radius 1 is 1.10 bits per heavy atom. The number of rotatable bonds is 10. The highest BCUT2D eigenvalue weighted by Gasteiger charge is 2.63. The van der Waals surface area contributed by atoms with Crippen LogP contribution in [0.1, 0.15) is 65.4 Å². The fourth-order valence-electron chi connectivity index (χ4n) is 6.61. The number of benzene rings is 2. The highest BCUT2D eigenvalue weighted by atomic mass is 16.5. The number of amides is 2. The van der Waals surface area contributed by atoms with E-state index in [2.05, 4.69) is 51.2 Å². The standard InChI is InChI=1S/C34H44N2O5/c1-21(2)15-16-35-30(37)17-26-19-34(33(39)40-5)29(18-28(22(3)4)41-31(34)24-13-14-24)36(32(26)38)20-25-11-8-10-23-9-6-7-12-27(23)25/h6-12,18,21-22,24,26,28,31H,13-17,19-20H2,1-5H3,(H,35,37)/t26-,28+,31+,34+/m0/s1. The number of fused-ring (bicyclic) bond motifs is 2. The van der Waals surface area contributed by atoms with Crippen LogP contribution in [0, 0.1) is 29.1 Å². The fraction of sp³-hybridized carbons (Fsp3) is 0.559. The first-order chi connectivity index (χ1) is 19.6. The molecule has 1 saturated carbocycles. The van der Waals surface area contributed by atoms with Crippen molar-refractivity contribution in [3.8, 4) is 0 Å². The van der Waals surface area contributed by atoms with Crippen molar-refractivity contribution in [1.82, 2.24) is 10.2 Å². The van der Waals surface area contributed by atoms with E-state index in [0.29, 0.717) is 24.7 Å². The molecular weight excluding hydrogens is 516 g/mol. The average Bonchev–Trinajstić information content (AvgIpc) is 3.79. The number of ether oxygens (including phenoxy) is 2.